The van der Waals surface area contributed by atoms with Crippen LogP contribution in [0, 0.1) is 0 Å². The fourth-order valence-corrected chi connectivity index (χ4v) is 5.32. The number of esters is 3. The lowest BCUT2D eigenvalue weighted by Gasteiger charge is -2.18. The molecule has 0 spiro atoms. The normalized spacial score (nSPS) is 12.8. The first-order valence-corrected chi connectivity index (χ1v) is 20.9. The van der Waals surface area contributed by atoms with Gasteiger partial charge in [0.2, 0.25) is 0 Å². The number of rotatable bonds is 36. The zero-order chi connectivity index (χ0) is 38.0. The third-order valence-electron chi connectivity index (χ3n) is 8.48. The van der Waals surface area contributed by atoms with Crippen molar-refractivity contribution in [2.24, 2.45) is 0 Å². The van der Waals surface area contributed by atoms with E-state index >= 15 is 0 Å². The first-order valence-electron chi connectivity index (χ1n) is 20.9. The van der Waals surface area contributed by atoms with Crippen LogP contribution in [0.1, 0.15) is 181 Å². The van der Waals surface area contributed by atoms with Crippen molar-refractivity contribution in [3.63, 3.8) is 0 Å². The van der Waals surface area contributed by atoms with Crippen LogP contribution in [-0.2, 0) is 28.6 Å². The van der Waals surface area contributed by atoms with E-state index in [0.717, 1.165) is 83.5 Å². The van der Waals surface area contributed by atoms with Crippen molar-refractivity contribution in [1.82, 2.24) is 0 Å². The van der Waals surface area contributed by atoms with Crippen molar-refractivity contribution < 1.29 is 28.6 Å². The van der Waals surface area contributed by atoms with E-state index in [2.05, 4.69) is 81.5 Å². The van der Waals surface area contributed by atoms with Crippen molar-refractivity contribution in [2.45, 2.75) is 187 Å². The van der Waals surface area contributed by atoms with Crippen molar-refractivity contribution in [2.75, 3.05) is 13.2 Å². The van der Waals surface area contributed by atoms with Gasteiger partial charge in [0.1, 0.15) is 13.2 Å². The summed E-state index contributed by atoms with van der Waals surface area (Å²) >= 11 is 0. The monoisotopic (exact) mass is 725 g/mol. The smallest absolute Gasteiger partial charge is 0.309 e. The van der Waals surface area contributed by atoms with Crippen LogP contribution >= 0.6 is 0 Å². The summed E-state index contributed by atoms with van der Waals surface area (Å²) in [4.78, 5) is 37.4. The molecule has 0 aromatic carbocycles. The van der Waals surface area contributed by atoms with Gasteiger partial charge < -0.3 is 14.2 Å². The van der Waals surface area contributed by atoms with Crippen LogP contribution in [0.15, 0.2) is 72.9 Å². The minimum atomic E-state index is -0.813. The van der Waals surface area contributed by atoms with Crippen molar-refractivity contribution in [3.8, 4) is 0 Å². The second kappa shape index (κ2) is 40.6. The second-order valence-corrected chi connectivity index (χ2v) is 13.5. The van der Waals surface area contributed by atoms with Crippen LogP contribution in [0.2, 0.25) is 0 Å². The summed E-state index contributed by atoms with van der Waals surface area (Å²) in [5, 5.41) is 0. The average molecular weight is 725 g/mol. The molecule has 0 saturated carbocycles. The van der Waals surface area contributed by atoms with E-state index in [1.807, 2.05) is 6.08 Å². The molecular weight excluding hydrogens is 648 g/mol. The summed E-state index contributed by atoms with van der Waals surface area (Å²) in [6, 6.07) is 0. The van der Waals surface area contributed by atoms with Crippen LogP contribution in [0.4, 0.5) is 0 Å². The minimum absolute atomic E-state index is 0.109. The predicted octanol–water partition coefficient (Wildman–Crippen LogP) is 13.1. The quantitative estimate of drug-likeness (QED) is 0.0277. The lowest BCUT2D eigenvalue weighted by Crippen LogP contribution is -2.30. The van der Waals surface area contributed by atoms with Crippen molar-refractivity contribution in [3.05, 3.63) is 72.9 Å². The molecule has 0 aliphatic carbocycles. The largest absolute Gasteiger partial charge is 0.462 e. The lowest BCUT2D eigenvalue weighted by molar-refractivity contribution is -0.166. The minimum Gasteiger partial charge on any atom is -0.462 e. The van der Waals surface area contributed by atoms with Gasteiger partial charge in [0, 0.05) is 12.8 Å². The van der Waals surface area contributed by atoms with E-state index < -0.39 is 12.1 Å². The van der Waals surface area contributed by atoms with Crippen molar-refractivity contribution in [1.29, 1.82) is 0 Å². The number of carbonyl (C=O) groups excluding carboxylic acids is 3. The molecule has 1 atom stereocenters. The summed E-state index contributed by atoms with van der Waals surface area (Å²) in [6.45, 7) is 6.32. The average Bonchev–Trinajstić information content (AvgIpc) is 3.14. The molecule has 1 unspecified atom stereocenters. The van der Waals surface area contributed by atoms with Gasteiger partial charge in [0.25, 0.3) is 0 Å². The Balaban J connectivity index is 4.52. The summed E-state index contributed by atoms with van der Waals surface area (Å²) < 4.78 is 16.5. The SMILES string of the molecule is CC/C=C\C/C=C\C/C=C\C/C=C\C/C=C\CC(=O)OCC(COC(=O)CCCCCCCCCC)OC(=O)CCCCCCC/C=C\CCCC. The molecule has 6 heteroatoms. The summed E-state index contributed by atoms with van der Waals surface area (Å²) in [6.07, 6.45) is 49.1. The van der Waals surface area contributed by atoms with Gasteiger partial charge in [0.15, 0.2) is 6.10 Å². The summed E-state index contributed by atoms with van der Waals surface area (Å²) in [7, 11) is 0. The number of hydrogen-bond acceptors (Lipinski definition) is 6. The molecule has 0 aliphatic rings. The molecule has 0 aromatic heterocycles. The maximum atomic E-state index is 12.6. The Hall–Kier alpha value is -3.15. The molecule has 0 fully saturated rings. The van der Waals surface area contributed by atoms with Gasteiger partial charge in [0.05, 0.1) is 6.42 Å². The molecule has 0 amide bonds. The molecule has 296 valence electrons. The molecule has 52 heavy (non-hydrogen) atoms. The fraction of sp³-hybridized carbons (Fsp3) is 0.674. The van der Waals surface area contributed by atoms with Crippen LogP contribution in [0.25, 0.3) is 0 Å². The molecule has 0 N–H and O–H groups in total. The third kappa shape index (κ3) is 38.1. The first-order chi connectivity index (χ1) is 25.5. The summed E-state index contributed by atoms with van der Waals surface area (Å²) in [5.74, 6) is -1.07. The van der Waals surface area contributed by atoms with Gasteiger partial charge in [-0.1, -0.05) is 171 Å². The lowest BCUT2D eigenvalue weighted by atomic mass is 10.1. The van der Waals surface area contributed by atoms with Gasteiger partial charge in [-0.2, -0.15) is 0 Å². The highest BCUT2D eigenvalue weighted by Crippen LogP contribution is 2.12. The number of allylic oxidation sites excluding steroid dienone is 11. The maximum absolute atomic E-state index is 12.6. The van der Waals surface area contributed by atoms with E-state index in [9.17, 15) is 14.4 Å². The van der Waals surface area contributed by atoms with Gasteiger partial charge >= 0.3 is 17.9 Å². The Bertz CT molecular complexity index is 1020. The van der Waals surface area contributed by atoms with Gasteiger partial charge in [-0.3, -0.25) is 14.4 Å². The molecular formula is C46H76O6. The first kappa shape index (κ1) is 48.9. The number of hydrogen-bond donors (Lipinski definition) is 0. The molecule has 0 saturated heterocycles. The maximum Gasteiger partial charge on any atom is 0.309 e. The van der Waals surface area contributed by atoms with Crippen LogP contribution in [0.3, 0.4) is 0 Å². The van der Waals surface area contributed by atoms with E-state index in [-0.39, 0.29) is 31.6 Å². The molecule has 0 rings (SSSR count). The molecule has 0 bridgehead atoms. The molecule has 0 aliphatic heterocycles. The standard InChI is InChI=1S/C46H76O6/c1-4-7-10-13-16-19-21-22-23-24-26-27-30-33-36-39-45(48)51-42-43(41-50-44(47)38-35-32-29-18-15-12-9-6-3)52-46(49)40-37-34-31-28-25-20-17-14-11-8-5-2/h7,10,14,16-17,19,22-23,26-27,33,36,43H,4-6,8-9,11-13,15,18,20-21,24-25,28-32,34-35,37-42H2,1-3H3/b10-7-,17-14-,19-16-,23-22-,27-26-,36-33-. The van der Waals surface area contributed by atoms with Gasteiger partial charge in [-0.05, 0) is 64.2 Å². The number of unbranched alkanes of at least 4 members (excludes halogenated alkanes) is 14. The van der Waals surface area contributed by atoms with Crippen LogP contribution in [0.5, 0.6) is 0 Å². The van der Waals surface area contributed by atoms with Gasteiger partial charge in [-0.25, -0.2) is 0 Å². The predicted molar refractivity (Wildman–Crippen MR) is 219 cm³/mol. The molecule has 0 aromatic rings. The van der Waals surface area contributed by atoms with E-state index in [1.165, 1.54) is 57.8 Å². The Morgan fingerprint density at radius 3 is 1.38 bits per heavy atom. The van der Waals surface area contributed by atoms with E-state index in [0.29, 0.717) is 12.8 Å². The highest BCUT2D eigenvalue weighted by molar-refractivity contribution is 5.72. The van der Waals surface area contributed by atoms with Crippen LogP contribution in [-0.4, -0.2) is 37.2 Å². The summed E-state index contributed by atoms with van der Waals surface area (Å²) in [5.41, 5.74) is 0. The number of carbonyl (C=O) groups is 3. The third-order valence-corrected chi connectivity index (χ3v) is 8.48. The molecule has 6 nitrogen and oxygen atoms in total. The highest BCUT2D eigenvalue weighted by atomic mass is 16.6. The second-order valence-electron chi connectivity index (χ2n) is 13.5. The van der Waals surface area contributed by atoms with Crippen LogP contribution < -0.4 is 0 Å². The topological polar surface area (TPSA) is 78.9 Å². The Morgan fingerprint density at radius 2 is 0.846 bits per heavy atom. The zero-order valence-corrected chi connectivity index (χ0v) is 33.5. The fourth-order valence-electron chi connectivity index (χ4n) is 5.32. The van der Waals surface area contributed by atoms with E-state index in [4.69, 9.17) is 14.2 Å². The molecule has 0 radical (unpaired) electrons. The zero-order valence-electron chi connectivity index (χ0n) is 33.5. The van der Waals surface area contributed by atoms with Gasteiger partial charge in [-0.15, -0.1) is 0 Å². The number of ether oxygens (including phenoxy) is 3. The molecule has 0 heterocycles. The highest BCUT2D eigenvalue weighted by Gasteiger charge is 2.19. The van der Waals surface area contributed by atoms with Crippen molar-refractivity contribution >= 4 is 17.9 Å². The van der Waals surface area contributed by atoms with E-state index in [1.54, 1.807) is 6.08 Å². The Kier molecular flexibility index (Phi) is 38.2. The Labute approximate surface area is 319 Å². The Morgan fingerprint density at radius 1 is 0.423 bits per heavy atom.